The van der Waals surface area contributed by atoms with Crippen LogP contribution in [0.5, 0.6) is 0 Å². The molecule has 0 nitrogen and oxygen atoms in total. The largest absolute Gasteiger partial charge is 0.101 e. The summed E-state index contributed by atoms with van der Waals surface area (Å²) in [4.78, 5) is 5.19. The summed E-state index contributed by atoms with van der Waals surface area (Å²) in [5, 5.41) is 0. The Kier molecular flexibility index (Phi) is 5.61. The molecule has 0 bridgehead atoms. The lowest BCUT2D eigenvalue weighted by molar-refractivity contribution is 1.62. The second-order valence-electron chi connectivity index (χ2n) is 5.63. The summed E-state index contributed by atoms with van der Waals surface area (Å²) >= 11 is 7.46. The molecule has 0 amide bonds. The fourth-order valence-corrected chi connectivity index (χ4v) is 8.16. The highest BCUT2D eigenvalue weighted by molar-refractivity contribution is 8.37. The maximum absolute atomic E-state index is 3.31. The molecular weight excluding hydrogens is 393 g/mol. The zero-order chi connectivity index (χ0) is 17.9. The molecular formula is C22H16S4. The molecule has 0 aromatic heterocycles. The fourth-order valence-electron chi connectivity index (χ4n) is 2.66. The second-order valence-corrected chi connectivity index (χ2v) is 10.4. The Morgan fingerprint density at radius 1 is 0.654 bits per heavy atom. The smallest absolute Gasteiger partial charge is 0.0772 e. The normalized spacial score (nSPS) is 19.8. The number of benzene rings is 2. The first-order chi connectivity index (χ1) is 12.8. The van der Waals surface area contributed by atoms with Crippen LogP contribution in [0.4, 0.5) is 0 Å². The average Bonchev–Trinajstić information content (AvgIpc) is 3.27. The van der Waals surface area contributed by atoms with Crippen LogP contribution in [-0.2, 0) is 0 Å². The van der Waals surface area contributed by atoms with Crippen molar-refractivity contribution < 1.29 is 0 Å². The van der Waals surface area contributed by atoms with E-state index in [2.05, 4.69) is 79.4 Å². The third kappa shape index (κ3) is 3.68. The van der Waals surface area contributed by atoms with Crippen LogP contribution in [0.2, 0.25) is 0 Å². The SMILES string of the molecule is CC#CC1=C(c2ccccc2)SC(=C2SC(C)=C(c3ccccc3)S2)S1. The third-order valence-electron chi connectivity index (χ3n) is 3.83. The zero-order valence-electron chi connectivity index (χ0n) is 14.4. The van der Waals surface area contributed by atoms with Crippen LogP contribution in [-0.4, -0.2) is 0 Å². The van der Waals surface area contributed by atoms with Crippen molar-refractivity contribution in [3.8, 4) is 11.8 Å². The lowest BCUT2D eigenvalue weighted by Crippen LogP contribution is -1.78. The van der Waals surface area contributed by atoms with E-state index in [4.69, 9.17) is 0 Å². The van der Waals surface area contributed by atoms with E-state index in [-0.39, 0.29) is 0 Å². The van der Waals surface area contributed by atoms with E-state index in [9.17, 15) is 0 Å². The van der Waals surface area contributed by atoms with Gasteiger partial charge in [0.15, 0.2) is 0 Å². The zero-order valence-corrected chi connectivity index (χ0v) is 17.7. The number of rotatable bonds is 2. The van der Waals surface area contributed by atoms with Crippen molar-refractivity contribution in [3.05, 3.63) is 90.1 Å². The average molecular weight is 409 g/mol. The van der Waals surface area contributed by atoms with Crippen molar-refractivity contribution in [2.24, 2.45) is 0 Å². The molecule has 0 atom stereocenters. The van der Waals surface area contributed by atoms with Crippen LogP contribution in [0.15, 0.2) is 78.9 Å². The maximum atomic E-state index is 3.31. The summed E-state index contributed by atoms with van der Waals surface area (Å²) in [6, 6.07) is 21.2. The van der Waals surface area contributed by atoms with Crippen LogP contribution in [0, 0.1) is 11.8 Å². The van der Waals surface area contributed by atoms with Gasteiger partial charge in [0.2, 0.25) is 0 Å². The number of thioether (sulfide) groups is 4. The van der Waals surface area contributed by atoms with Gasteiger partial charge in [-0.3, -0.25) is 0 Å². The highest BCUT2D eigenvalue weighted by Crippen LogP contribution is 2.63. The van der Waals surface area contributed by atoms with Crippen molar-refractivity contribution in [2.75, 3.05) is 0 Å². The summed E-state index contributed by atoms with van der Waals surface area (Å²) in [5.74, 6) is 6.38. The molecule has 26 heavy (non-hydrogen) atoms. The molecule has 0 saturated carbocycles. The molecule has 0 unspecified atom stereocenters. The fraction of sp³-hybridized carbons (Fsp3) is 0.0909. The van der Waals surface area contributed by atoms with Gasteiger partial charge in [-0.15, -0.1) is 5.92 Å². The van der Waals surface area contributed by atoms with E-state index in [1.165, 1.54) is 39.2 Å². The van der Waals surface area contributed by atoms with Gasteiger partial charge in [0, 0.05) is 14.7 Å². The molecule has 0 fully saturated rings. The Labute approximate surface area is 172 Å². The first kappa shape index (κ1) is 18.0. The molecule has 0 N–H and O–H groups in total. The van der Waals surface area contributed by atoms with Crippen molar-refractivity contribution in [1.82, 2.24) is 0 Å². The first-order valence-electron chi connectivity index (χ1n) is 8.20. The van der Waals surface area contributed by atoms with Crippen LogP contribution in [0.25, 0.3) is 9.81 Å². The predicted molar refractivity (Wildman–Crippen MR) is 123 cm³/mol. The predicted octanol–water partition coefficient (Wildman–Crippen LogP) is 7.85. The van der Waals surface area contributed by atoms with E-state index in [0.29, 0.717) is 0 Å². The van der Waals surface area contributed by atoms with Gasteiger partial charge in [-0.1, -0.05) is 114 Å². The van der Waals surface area contributed by atoms with Gasteiger partial charge >= 0.3 is 0 Å². The van der Waals surface area contributed by atoms with Crippen LogP contribution < -0.4 is 0 Å². The second kappa shape index (κ2) is 8.10. The molecule has 2 heterocycles. The molecule has 128 valence electrons. The van der Waals surface area contributed by atoms with Crippen molar-refractivity contribution in [1.29, 1.82) is 0 Å². The Hall–Kier alpha value is -1.38. The number of allylic oxidation sites excluding steroid dienone is 2. The van der Waals surface area contributed by atoms with Gasteiger partial charge in [-0.25, -0.2) is 0 Å². The molecule has 0 saturated heterocycles. The summed E-state index contributed by atoms with van der Waals surface area (Å²) in [6.45, 7) is 4.13. The van der Waals surface area contributed by atoms with Crippen molar-refractivity contribution >= 4 is 56.9 Å². The Morgan fingerprint density at radius 3 is 1.81 bits per heavy atom. The lowest BCUT2D eigenvalue weighted by Gasteiger charge is -2.04. The highest BCUT2D eigenvalue weighted by Gasteiger charge is 2.29. The molecule has 0 aliphatic carbocycles. The summed E-state index contributed by atoms with van der Waals surface area (Å²) < 4.78 is 2.72. The van der Waals surface area contributed by atoms with E-state index in [1.807, 2.05) is 54.0 Å². The van der Waals surface area contributed by atoms with Crippen molar-refractivity contribution in [3.63, 3.8) is 0 Å². The quantitative estimate of drug-likeness (QED) is 0.464. The van der Waals surface area contributed by atoms with Gasteiger partial charge in [0.1, 0.15) is 0 Å². The highest BCUT2D eigenvalue weighted by atomic mass is 32.2. The van der Waals surface area contributed by atoms with Gasteiger partial charge in [0.25, 0.3) is 0 Å². The minimum Gasteiger partial charge on any atom is -0.101 e. The van der Waals surface area contributed by atoms with E-state index < -0.39 is 0 Å². The molecule has 0 radical (unpaired) electrons. The minimum atomic E-state index is 1.17. The molecule has 2 aromatic carbocycles. The Morgan fingerprint density at radius 2 is 1.19 bits per heavy atom. The number of hydrogen-bond donors (Lipinski definition) is 0. The molecule has 2 aromatic rings. The van der Waals surface area contributed by atoms with Gasteiger partial charge in [-0.05, 0) is 25.0 Å². The minimum absolute atomic E-state index is 1.17. The standard InChI is InChI=1S/C22H16S4/c1-3-10-18-20(17-13-8-5-9-14-17)26-22(24-18)21-23-15(2)19(25-21)16-11-6-4-7-12-16/h4-9,11-14H,1-2H3. The molecule has 4 heteroatoms. The van der Waals surface area contributed by atoms with Gasteiger partial charge in [-0.2, -0.15) is 0 Å². The summed E-state index contributed by atoms with van der Waals surface area (Å²) in [7, 11) is 0. The summed E-state index contributed by atoms with van der Waals surface area (Å²) in [5.41, 5.74) is 2.55. The lowest BCUT2D eigenvalue weighted by atomic mass is 10.2. The Bertz CT molecular complexity index is 987. The maximum Gasteiger partial charge on any atom is 0.0772 e. The monoisotopic (exact) mass is 408 g/mol. The van der Waals surface area contributed by atoms with Gasteiger partial charge < -0.3 is 0 Å². The molecule has 2 aliphatic rings. The van der Waals surface area contributed by atoms with Crippen LogP contribution in [0.1, 0.15) is 25.0 Å². The van der Waals surface area contributed by atoms with Gasteiger partial charge in [0.05, 0.1) is 13.4 Å². The van der Waals surface area contributed by atoms with Crippen LogP contribution >= 0.6 is 47.0 Å². The van der Waals surface area contributed by atoms with E-state index in [1.54, 1.807) is 0 Å². The molecule has 4 rings (SSSR count). The van der Waals surface area contributed by atoms with Crippen LogP contribution in [0.3, 0.4) is 0 Å². The summed E-state index contributed by atoms with van der Waals surface area (Å²) in [6.07, 6.45) is 0. The Balaban J connectivity index is 1.64. The number of hydrogen-bond acceptors (Lipinski definition) is 4. The molecule has 0 spiro atoms. The van der Waals surface area contributed by atoms with E-state index in [0.717, 1.165) is 0 Å². The molecule has 2 aliphatic heterocycles. The first-order valence-corrected chi connectivity index (χ1v) is 11.5. The topological polar surface area (TPSA) is 0 Å². The van der Waals surface area contributed by atoms with Crippen molar-refractivity contribution in [2.45, 2.75) is 13.8 Å². The van der Waals surface area contributed by atoms with E-state index >= 15 is 0 Å². The third-order valence-corrected chi connectivity index (χ3v) is 9.58.